The summed E-state index contributed by atoms with van der Waals surface area (Å²) in [5, 5.41) is 7.68. The smallest absolute Gasteiger partial charge is 0.246 e. The standard InChI is InChI=1S/C11H10N4O3S2/c1-20(16,17)11-12-3-4-15(11)6-9-13-10(14-18-9)8-2-5-19-7-8/h2-5,7H,6H2,1H3. The Morgan fingerprint density at radius 1 is 1.45 bits per heavy atom. The summed E-state index contributed by atoms with van der Waals surface area (Å²) in [6.45, 7) is 0.166. The molecule has 0 aliphatic rings. The molecule has 0 bridgehead atoms. The van der Waals surface area contributed by atoms with E-state index >= 15 is 0 Å². The van der Waals surface area contributed by atoms with Crippen LogP contribution in [0, 0.1) is 0 Å². The van der Waals surface area contributed by atoms with Crippen LogP contribution in [0.25, 0.3) is 11.4 Å². The largest absolute Gasteiger partial charge is 0.337 e. The van der Waals surface area contributed by atoms with Crippen LogP contribution >= 0.6 is 11.3 Å². The number of hydrogen-bond acceptors (Lipinski definition) is 7. The van der Waals surface area contributed by atoms with Crippen LogP contribution in [0.4, 0.5) is 0 Å². The molecule has 0 unspecified atom stereocenters. The van der Waals surface area contributed by atoms with Crippen LogP contribution in [-0.2, 0) is 16.4 Å². The third kappa shape index (κ3) is 2.49. The van der Waals surface area contributed by atoms with E-state index in [9.17, 15) is 8.42 Å². The topological polar surface area (TPSA) is 90.9 Å². The maximum atomic E-state index is 11.5. The highest BCUT2D eigenvalue weighted by Crippen LogP contribution is 2.19. The Hall–Kier alpha value is -2.00. The van der Waals surface area contributed by atoms with Crippen LogP contribution < -0.4 is 0 Å². The van der Waals surface area contributed by atoms with Crippen molar-refractivity contribution in [3.8, 4) is 11.4 Å². The third-order valence-corrected chi connectivity index (χ3v) is 4.25. The van der Waals surface area contributed by atoms with Gasteiger partial charge in [0.1, 0.15) is 6.54 Å². The minimum Gasteiger partial charge on any atom is -0.337 e. The molecule has 3 aromatic rings. The highest BCUT2D eigenvalue weighted by atomic mass is 32.2. The Balaban J connectivity index is 1.88. The quantitative estimate of drug-likeness (QED) is 0.724. The van der Waals surface area contributed by atoms with Gasteiger partial charge in [0.15, 0.2) is 0 Å². The van der Waals surface area contributed by atoms with Crippen molar-refractivity contribution in [3.05, 3.63) is 35.1 Å². The lowest BCUT2D eigenvalue weighted by Crippen LogP contribution is -2.09. The van der Waals surface area contributed by atoms with Gasteiger partial charge >= 0.3 is 0 Å². The zero-order valence-corrected chi connectivity index (χ0v) is 12.1. The molecule has 0 aromatic carbocycles. The Morgan fingerprint density at radius 2 is 2.30 bits per heavy atom. The molecular formula is C11H10N4O3S2. The number of aromatic nitrogens is 4. The van der Waals surface area contributed by atoms with Gasteiger partial charge in [-0.1, -0.05) is 5.16 Å². The summed E-state index contributed by atoms with van der Waals surface area (Å²) in [5.41, 5.74) is 0.874. The van der Waals surface area contributed by atoms with Gasteiger partial charge in [0, 0.05) is 29.6 Å². The van der Waals surface area contributed by atoms with E-state index in [4.69, 9.17) is 4.52 Å². The van der Waals surface area contributed by atoms with Crippen molar-refractivity contribution in [2.24, 2.45) is 0 Å². The van der Waals surface area contributed by atoms with E-state index in [0.717, 1.165) is 11.8 Å². The van der Waals surface area contributed by atoms with E-state index in [1.54, 1.807) is 6.20 Å². The molecule has 0 N–H and O–H groups in total. The lowest BCUT2D eigenvalue weighted by atomic mass is 10.3. The highest BCUT2D eigenvalue weighted by molar-refractivity contribution is 7.90. The van der Waals surface area contributed by atoms with Crippen LogP contribution in [0.1, 0.15) is 5.89 Å². The zero-order valence-electron chi connectivity index (χ0n) is 10.4. The van der Waals surface area contributed by atoms with Gasteiger partial charge in [-0.15, -0.1) is 0 Å². The van der Waals surface area contributed by atoms with Crippen molar-refractivity contribution in [2.45, 2.75) is 11.7 Å². The van der Waals surface area contributed by atoms with Gasteiger partial charge in [-0.3, -0.25) is 0 Å². The molecule has 0 saturated heterocycles. The zero-order chi connectivity index (χ0) is 14.2. The average Bonchev–Trinajstić information content (AvgIpc) is 3.08. The number of sulfone groups is 1. The second-order valence-corrected chi connectivity index (χ2v) is 6.82. The summed E-state index contributed by atoms with van der Waals surface area (Å²) in [4.78, 5) is 8.06. The second kappa shape index (κ2) is 4.84. The minimum atomic E-state index is -3.38. The Kier molecular flexibility index (Phi) is 3.14. The van der Waals surface area contributed by atoms with Crippen molar-refractivity contribution in [3.63, 3.8) is 0 Å². The minimum absolute atomic E-state index is 0.0206. The number of hydrogen-bond donors (Lipinski definition) is 0. The fraction of sp³-hybridized carbons (Fsp3) is 0.182. The van der Waals surface area contributed by atoms with Crippen molar-refractivity contribution in [2.75, 3.05) is 6.26 Å². The lowest BCUT2D eigenvalue weighted by Gasteiger charge is -2.01. The summed E-state index contributed by atoms with van der Waals surface area (Å²) < 4.78 is 29.7. The number of thiophene rings is 1. The van der Waals surface area contributed by atoms with E-state index in [1.807, 2.05) is 16.8 Å². The molecule has 104 valence electrons. The first-order valence-electron chi connectivity index (χ1n) is 5.60. The predicted octanol–water partition coefficient (Wildman–Crippen LogP) is 1.45. The molecule has 0 fully saturated rings. The predicted molar refractivity (Wildman–Crippen MR) is 72.0 cm³/mol. The molecule has 0 amide bonds. The third-order valence-electron chi connectivity index (χ3n) is 2.56. The SMILES string of the molecule is CS(=O)(=O)c1nccn1Cc1nc(-c2ccsc2)no1. The van der Waals surface area contributed by atoms with Crippen LogP contribution in [0.5, 0.6) is 0 Å². The second-order valence-electron chi connectivity index (χ2n) is 4.13. The van der Waals surface area contributed by atoms with Crippen molar-refractivity contribution >= 4 is 21.2 Å². The molecule has 0 atom stereocenters. The van der Waals surface area contributed by atoms with Crippen LogP contribution in [0.3, 0.4) is 0 Å². The molecule has 3 aromatic heterocycles. The number of nitrogens with zero attached hydrogens (tertiary/aromatic N) is 4. The summed E-state index contributed by atoms with van der Waals surface area (Å²) in [5.74, 6) is 0.816. The molecule has 0 saturated carbocycles. The summed E-state index contributed by atoms with van der Waals surface area (Å²) >= 11 is 1.54. The molecule has 0 aliphatic carbocycles. The molecule has 20 heavy (non-hydrogen) atoms. The van der Waals surface area contributed by atoms with E-state index in [0.29, 0.717) is 11.7 Å². The first-order chi connectivity index (χ1) is 9.54. The molecule has 0 radical (unpaired) electrons. The molecule has 7 nitrogen and oxygen atoms in total. The van der Waals surface area contributed by atoms with Gasteiger partial charge in [0.25, 0.3) is 0 Å². The van der Waals surface area contributed by atoms with E-state index in [-0.39, 0.29) is 11.7 Å². The maximum absolute atomic E-state index is 11.5. The van der Waals surface area contributed by atoms with Gasteiger partial charge in [0.05, 0.1) is 0 Å². The Labute approximate surface area is 118 Å². The molecule has 3 heterocycles. The average molecular weight is 310 g/mol. The fourth-order valence-electron chi connectivity index (χ4n) is 1.72. The summed E-state index contributed by atoms with van der Waals surface area (Å²) in [6, 6.07) is 1.89. The van der Waals surface area contributed by atoms with Crippen LogP contribution in [-0.4, -0.2) is 34.4 Å². The van der Waals surface area contributed by atoms with Gasteiger partial charge in [-0.25, -0.2) is 13.4 Å². The van der Waals surface area contributed by atoms with Gasteiger partial charge in [-0.2, -0.15) is 16.3 Å². The Bertz CT molecular complexity index is 818. The summed E-state index contributed by atoms with van der Waals surface area (Å²) in [7, 11) is -3.38. The Morgan fingerprint density at radius 3 is 3.00 bits per heavy atom. The number of rotatable bonds is 4. The van der Waals surface area contributed by atoms with Gasteiger partial charge < -0.3 is 9.09 Å². The van der Waals surface area contributed by atoms with Gasteiger partial charge in [-0.05, 0) is 11.4 Å². The monoisotopic (exact) mass is 310 g/mol. The van der Waals surface area contributed by atoms with E-state index in [1.165, 1.54) is 22.1 Å². The molecular weight excluding hydrogens is 300 g/mol. The van der Waals surface area contributed by atoms with Crippen molar-refractivity contribution < 1.29 is 12.9 Å². The summed E-state index contributed by atoms with van der Waals surface area (Å²) in [6.07, 6.45) is 4.09. The van der Waals surface area contributed by atoms with Crippen LogP contribution in [0.15, 0.2) is 38.9 Å². The first kappa shape index (κ1) is 13.0. The van der Waals surface area contributed by atoms with Crippen LogP contribution in [0.2, 0.25) is 0 Å². The highest BCUT2D eigenvalue weighted by Gasteiger charge is 2.17. The van der Waals surface area contributed by atoms with E-state index < -0.39 is 9.84 Å². The van der Waals surface area contributed by atoms with E-state index in [2.05, 4.69) is 15.1 Å². The van der Waals surface area contributed by atoms with Gasteiger partial charge in [0.2, 0.25) is 26.7 Å². The lowest BCUT2D eigenvalue weighted by molar-refractivity contribution is 0.367. The van der Waals surface area contributed by atoms with Crippen molar-refractivity contribution in [1.82, 2.24) is 19.7 Å². The van der Waals surface area contributed by atoms with Crippen molar-refractivity contribution in [1.29, 1.82) is 0 Å². The first-order valence-corrected chi connectivity index (χ1v) is 8.44. The number of imidazole rings is 1. The normalized spacial score (nSPS) is 11.8. The molecule has 9 heteroatoms. The molecule has 0 aliphatic heterocycles. The fourth-order valence-corrected chi connectivity index (χ4v) is 3.16. The maximum Gasteiger partial charge on any atom is 0.246 e. The molecule has 0 spiro atoms. The molecule has 3 rings (SSSR count).